The van der Waals surface area contributed by atoms with Crippen molar-refractivity contribution in [3.63, 3.8) is 0 Å². The summed E-state index contributed by atoms with van der Waals surface area (Å²) in [6.45, 7) is 9.04. The molecule has 12 atom stereocenters. The largest absolute Gasteiger partial charge is 0.462 e. The van der Waals surface area contributed by atoms with Gasteiger partial charge in [0.2, 0.25) is 11.8 Å². The van der Waals surface area contributed by atoms with E-state index in [4.69, 9.17) is 28.4 Å². The summed E-state index contributed by atoms with van der Waals surface area (Å²) in [4.78, 5) is 66.5. The van der Waals surface area contributed by atoms with Crippen molar-refractivity contribution in [2.45, 2.75) is 339 Å². The van der Waals surface area contributed by atoms with Crippen molar-refractivity contribution in [3.05, 3.63) is 0 Å². The van der Waals surface area contributed by atoms with E-state index in [0.717, 1.165) is 77.0 Å². The minimum Gasteiger partial charge on any atom is -0.462 e. The van der Waals surface area contributed by atoms with Crippen LogP contribution in [0.1, 0.15) is 266 Å². The summed E-state index contributed by atoms with van der Waals surface area (Å²) in [5, 5.41) is 52.7. The molecule has 2 fully saturated rings. The van der Waals surface area contributed by atoms with Crippen LogP contribution < -0.4 is 16.0 Å². The number of carbonyl (C=O) groups is 5. The van der Waals surface area contributed by atoms with Gasteiger partial charge in [-0.05, 0) is 39.2 Å². The Labute approximate surface area is 476 Å². The lowest BCUT2D eigenvalue weighted by Gasteiger charge is -2.44. The highest BCUT2D eigenvalue weighted by Gasteiger charge is 2.47. The molecule has 0 saturated carbocycles. The molecule has 7 N–H and O–H groups in total. The summed E-state index contributed by atoms with van der Waals surface area (Å²) >= 11 is 0. The molecule has 2 amide bonds. The Bertz CT molecular complexity index is 1590. The minimum atomic E-state index is -1.59. The molecule has 0 aliphatic carbocycles. The van der Waals surface area contributed by atoms with Gasteiger partial charge in [0.05, 0.1) is 50.7 Å². The number of hydrogen-bond donors (Lipinski definition) is 7. The average Bonchev–Trinajstić information content (AvgIpc) is 3.45. The maximum absolute atomic E-state index is 14.2. The molecule has 2 aliphatic heterocycles. The summed E-state index contributed by atoms with van der Waals surface area (Å²) in [7, 11) is 1.57. The number of aliphatic hydroxyl groups excluding tert-OH is 4. The Morgan fingerprint density at radius 3 is 1.42 bits per heavy atom. The Balaban J connectivity index is 2.25. The molecule has 0 aromatic heterocycles. The number of aliphatic hydroxyl groups is 4. The number of esters is 3. The van der Waals surface area contributed by atoms with Crippen molar-refractivity contribution in [2.75, 3.05) is 20.3 Å². The molecular formula is C61H113N3O15. The number of rotatable bonds is 48. The number of unbranched alkanes of at least 4 members (excludes halogenated alkanes) is 24. The molecule has 462 valence electrons. The van der Waals surface area contributed by atoms with E-state index >= 15 is 0 Å². The van der Waals surface area contributed by atoms with Gasteiger partial charge >= 0.3 is 17.9 Å². The maximum atomic E-state index is 14.2. The van der Waals surface area contributed by atoms with Gasteiger partial charge < -0.3 is 59.5 Å². The molecule has 2 aliphatic rings. The summed E-state index contributed by atoms with van der Waals surface area (Å²) in [5.74, 6) is -2.62. The monoisotopic (exact) mass is 1130 g/mol. The van der Waals surface area contributed by atoms with E-state index in [9.17, 15) is 44.4 Å². The van der Waals surface area contributed by atoms with Crippen molar-refractivity contribution in [1.29, 1.82) is 0 Å². The van der Waals surface area contributed by atoms with E-state index in [-0.39, 0.29) is 38.5 Å². The molecule has 0 bridgehead atoms. The molecule has 0 aromatic carbocycles. The van der Waals surface area contributed by atoms with Crippen LogP contribution in [0.15, 0.2) is 0 Å². The van der Waals surface area contributed by atoms with Gasteiger partial charge in [-0.2, -0.15) is 0 Å². The third-order valence-electron chi connectivity index (χ3n) is 15.4. The van der Waals surface area contributed by atoms with Crippen molar-refractivity contribution >= 4 is 29.7 Å². The number of amides is 2. The van der Waals surface area contributed by atoms with Crippen LogP contribution in [0.5, 0.6) is 0 Å². The van der Waals surface area contributed by atoms with Gasteiger partial charge in [-0.1, -0.05) is 195 Å². The second-order valence-electron chi connectivity index (χ2n) is 22.5. The predicted octanol–water partition coefficient (Wildman–Crippen LogP) is 9.60. The third kappa shape index (κ3) is 32.5. The van der Waals surface area contributed by atoms with Crippen molar-refractivity contribution in [3.8, 4) is 0 Å². The Morgan fingerprint density at radius 1 is 0.532 bits per heavy atom. The van der Waals surface area contributed by atoms with Gasteiger partial charge in [-0.25, -0.2) is 0 Å². The summed E-state index contributed by atoms with van der Waals surface area (Å²) in [6.07, 6.45) is 19.7. The van der Waals surface area contributed by atoms with Gasteiger partial charge in [0.25, 0.3) is 0 Å². The normalized spacial score (nSPS) is 23.3. The quantitative estimate of drug-likeness (QED) is 0.0170. The van der Waals surface area contributed by atoms with Crippen LogP contribution in [0.3, 0.4) is 0 Å². The van der Waals surface area contributed by atoms with Crippen molar-refractivity contribution in [2.24, 2.45) is 0 Å². The first-order chi connectivity index (χ1) is 38.2. The lowest BCUT2D eigenvalue weighted by molar-refractivity contribution is -0.266. The van der Waals surface area contributed by atoms with E-state index in [1.807, 2.05) is 0 Å². The van der Waals surface area contributed by atoms with E-state index in [1.165, 1.54) is 96.3 Å². The average molecular weight is 1130 g/mol. The maximum Gasteiger partial charge on any atom is 0.309 e. The smallest absolute Gasteiger partial charge is 0.309 e. The molecule has 9 unspecified atom stereocenters. The molecule has 0 radical (unpaired) electrons. The number of nitrogens with one attached hydrogen (secondary N) is 3. The standard InChI is InChI=1S/C61H113N3O15/c1-7-12-15-18-21-24-27-30-33-36-45(66)39-51(67)64-57-59(73)58(72)50(79-60(57)62-6)44-74-61-56(63-52(68)41-46(75-53(69)10-4)37-34-31-28-25-22-19-16-13-8-2)49(40-48(43-65)77-61)78-55(71)42-47(76-54(70)11-5)38-35-32-29-26-23-20-17-14-9-3/h45-50,56-62,65-66,72-73H,7-44H2,1-6H3,(H,63,68)(H,64,67)/t45?,46?,47?,48?,49?,50?,56?,57?,58-,59?,60-,61-/m1/s1. The zero-order chi connectivity index (χ0) is 58.0. The lowest BCUT2D eigenvalue weighted by Crippen LogP contribution is -2.67. The summed E-state index contributed by atoms with van der Waals surface area (Å²) in [5.41, 5.74) is 0. The first-order valence-corrected chi connectivity index (χ1v) is 31.6. The van der Waals surface area contributed by atoms with Gasteiger partial charge in [-0.3, -0.25) is 29.3 Å². The highest BCUT2D eigenvalue weighted by Crippen LogP contribution is 2.28. The third-order valence-corrected chi connectivity index (χ3v) is 15.4. The molecule has 18 heteroatoms. The molecule has 79 heavy (non-hydrogen) atoms. The number of hydrogen-bond acceptors (Lipinski definition) is 16. The lowest BCUT2D eigenvalue weighted by atomic mass is 9.95. The van der Waals surface area contributed by atoms with E-state index in [1.54, 1.807) is 20.9 Å². The first kappa shape index (κ1) is 72.1. The van der Waals surface area contributed by atoms with Crippen LogP contribution in [-0.2, 0) is 52.4 Å². The SMILES string of the molecule is CCCCCCCCCCCC(O)CC(=O)NC1C(O)[C@H](O)C(CO[C@@H]2OC(CO)CC(OC(=O)CC(CCCCCCCCCCC)OC(=O)CC)C2NC(=O)CC(CCCCCCCCCCC)OC(=O)CC)O[C@H]1NC. The van der Waals surface area contributed by atoms with Crippen molar-refractivity contribution < 1.29 is 72.8 Å². The number of carbonyl (C=O) groups excluding carboxylic acids is 5. The van der Waals surface area contributed by atoms with Gasteiger partial charge in [0.15, 0.2) is 6.29 Å². The second kappa shape index (κ2) is 45.5. The number of ether oxygens (including phenoxy) is 6. The Hall–Kier alpha value is -2.97. The molecule has 2 heterocycles. The summed E-state index contributed by atoms with van der Waals surface area (Å²) in [6, 6.07) is -2.29. The zero-order valence-corrected chi connectivity index (χ0v) is 50.1. The van der Waals surface area contributed by atoms with Gasteiger partial charge in [0.1, 0.15) is 48.9 Å². The van der Waals surface area contributed by atoms with Crippen LogP contribution in [0.2, 0.25) is 0 Å². The van der Waals surface area contributed by atoms with E-state index < -0.39 is 116 Å². The fourth-order valence-electron chi connectivity index (χ4n) is 10.6. The van der Waals surface area contributed by atoms with E-state index in [0.29, 0.717) is 19.3 Å². The van der Waals surface area contributed by atoms with Crippen molar-refractivity contribution in [1.82, 2.24) is 16.0 Å². The fraction of sp³-hybridized carbons (Fsp3) is 0.918. The van der Waals surface area contributed by atoms with Crippen LogP contribution in [0.25, 0.3) is 0 Å². The predicted molar refractivity (Wildman–Crippen MR) is 306 cm³/mol. The van der Waals surface area contributed by atoms with Crippen LogP contribution in [-0.4, -0.2) is 144 Å². The Morgan fingerprint density at radius 2 is 0.962 bits per heavy atom. The molecule has 0 spiro atoms. The second-order valence-corrected chi connectivity index (χ2v) is 22.5. The van der Waals surface area contributed by atoms with Gasteiger partial charge in [-0.15, -0.1) is 0 Å². The molecule has 2 saturated heterocycles. The molecule has 2 rings (SSSR count). The highest BCUT2D eigenvalue weighted by molar-refractivity contribution is 5.78. The minimum absolute atomic E-state index is 0.0459. The van der Waals surface area contributed by atoms with Gasteiger partial charge in [0, 0.05) is 19.3 Å². The zero-order valence-electron chi connectivity index (χ0n) is 50.1. The van der Waals surface area contributed by atoms with Crippen LogP contribution >= 0.6 is 0 Å². The molecular weight excluding hydrogens is 1010 g/mol. The fourth-order valence-corrected chi connectivity index (χ4v) is 10.6. The topological polar surface area (TPSA) is 258 Å². The van der Waals surface area contributed by atoms with Crippen LogP contribution in [0, 0.1) is 0 Å². The molecule has 0 aromatic rings. The Kier molecular flexibility index (Phi) is 41.6. The highest BCUT2D eigenvalue weighted by atomic mass is 16.7. The molecule has 18 nitrogen and oxygen atoms in total. The van der Waals surface area contributed by atoms with E-state index in [2.05, 4.69) is 36.7 Å². The van der Waals surface area contributed by atoms with Crippen LogP contribution in [0.4, 0.5) is 0 Å². The first-order valence-electron chi connectivity index (χ1n) is 31.6. The summed E-state index contributed by atoms with van der Waals surface area (Å²) < 4.78 is 36.3. The number of likely N-dealkylation sites (N-methyl/N-ethyl adjacent to an activating group) is 1.